The lowest BCUT2D eigenvalue weighted by Gasteiger charge is -2.34. The number of hydrogen-bond acceptors (Lipinski definition) is 6. The molecule has 0 unspecified atom stereocenters. The lowest BCUT2D eigenvalue weighted by Crippen LogP contribution is -2.48. The summed E-state index contributed by atoms with van der Waals surface area (Å²) < 4.78 is 1.53. The van der Waals surface area contributed by atoms with E-state index < -0.39 is 4.92 Å². The zero-order valence-corrected chi connectivity index (χ0v) is 19.2. The fraction of sp³-hybridized carbons (Fsp3) is 0.200. The molecule has 0 spiro atoms. The molecule has 1 fully saturated rings. The molecule has 8 nitrogen and oxygen atoms in total. The summed E-state index contributed by atoms with van der Waals surface area (Å²) in [4.78, 5) is 29.6. The Bertz CT molecular complexity index is 1300. The molecule has 2 aromatic carbocycles. The Morgan fingerprint density at radius 1 is 0.971 bits per heavy atom. The van der Waals surface area contributed by atoms with E-state index in [9.17, 15) is 14.9 Å². The minimum Gasteiger partial charge on any atom is -0.335 e. The van der Waals surface area contributed by atoms with Crippen LogP contribution in [0.1, 0.15) is 16.1 Å². The molecule has 9 heteroatoms. The minimum atomic E-state index is -0.444. The topological polar surface area (TPSA) is 84.5 Å². The molecule has 1 aliphatic heterocycles. The maximum absolute atomic E-state index is 13.6. The van der Waals surface area contributed by atoms with E-state index in [-0.39, 0.29) is 11.6 Å². The number of aromatic nitrogens is 2. The highest BCUT2D eigenvalue weighted by molar-refractivity contribution is 7.13. The number of amides is 1. The Morgan fingerprint density at radius 2 is 1.76 bits per heavy atom. The lowest BCUT2D eigenvalue weighted by molar-refractivity contribution is -0.384. The molecular formula is C25H23N5O3S. The van der Waals surface area contributed by atoms with Crippen molar-refractivity contribution in [2.24, 2.45) is 0 Å². The minimum absolute atomic E-state index is 0.0430. The van der Waals surface area contributed by atoms with E-state index in [1.165, 1.54) is 33.7 Å². The molecule has 0 atom stereocenters. The van der Waals surface area contributed by atoms with Crippen LogP contribution in [0.2, 0.25) is 0 Å². The molecule has 0 radical (unpaired) electrons. The largest absolute Gasteiger partial charge is 0.335 e. The van der Waals surface area contributed by atoms with Crippen molar-refractivity contribution in [1.29, 1.82) is 0 Å². The maximum Gasteiger partial charge on any atom is 0.272 e. The highest BCUT2D eigenvalue weighted by Crippen LogP contribution is 2.27. The summed E-state index contributed by atoms with van der Waals surface area (Å²) in [6.45, 7) is 3.64. The number of thiophene rings is 1. The van der Waals surface area contributed by atoms with Crippen molar-refractivity contribution in [3.63, 3.8) is 0 Å². The number of non-ortho nitro benzene ring substituents is 1. The third-order valence-corrected chi connectivity index (χ3v) is 6.79. The molecule has 5 rings (SSSR count). The van der Waals surface area contributed by atoms with E-state index in [2.05, 4.69) is 22.1 Å². The van der Waals surface area contributed by atoms with Gasteiger partial charge in [0, 0.05) is 44.9 Å². The van der Waals surface area contributed by atoms with Gasteiger partial charge in [0.2, 0.25) is 0 Å². The third-order valence-electron chi connectivity index (χ3n) is 5.90. The first-order chi connectivity index (χ1) is 16.6. The van der Waals surface area contributed by atoms with E-state index in [0.717, 1.165) is 24.5 Å². The Morgan fingerprint density at radius 3 is 2.47 bits per heavy atom. The van der Waals surface area contributed by atoms with Gasteiger partial charge in [-0.1, -0.05) is 42.5 Å². The Hall–Kier alpha value is -3.82. The maximum atomic E-state index is 13.6. The number of piperazine rings is 1. The van der Waals surface area contributed by atoms with Crippen molar-refractivity contribution in [2.75, 3.05) is 26.2 Å². The second-order valence-corrected chi connectivity index (χ2v) is 9.08. The lowest BCUT2D eigenvalue weighted by atomic mass is 10.2. The molecule has 1 saturated heterocycles. The summed E-state index contributed by atoms with van der Waals surface area (Å²) in [6.07, 6.45) is 0. The van der Waals surface area contributed by atoms with E-state index in [0.29, 0.717) is 30.2 Å². The summed E-state index contributed by atoms with van der Waals surface area (Å²) in [5.41, 5.74) is 2.78. The second-order valence-electron chi connectivity index (χ2n) is 8.13. The number of benzene rings is 2. The predicted molar refractivity (Wildman–Crippen MR) is 131 cm³/mol. The van der Waals surface area contributed by atoms with Crippen LogP contribution in [0.3, 0.4) is 0 Å². The number of rotatable bonds is 6. The standard InChI is InChI=1S/C25H23N5O3S/c31-25(28-13-11-27(12-14-28)18-19-6-2-1-3-7-19)23-17-22(24-10-5-15-34-24)26-29(23)20-8-4-9-21(16-20)30(32)33/h1-10,15-17H,11-14,18H2. The van der Waals surface area contributed by atoms with Crippen LogP contribution in [0.4, 0.5) is 5.69 Å². The fourth-order valence-corrected chi connectivity index (χ4v) is 4.81. The van der Waals surface area contributed by atoms with Crippen molar-refractivity contribution in [2.45, 2.75) is 6.54 Å². The Labute approximate surface area is 200 Å². The van der Waals surface area contributed by atoms with Gasteiger partial charge in [-0.05, 0) is 29.1 Å². The summed E-state index contributed by atoms with van der Waals surface area (Å²) in [5.74, 6) is -0.124. The SMILES string of the molecule is O=C(c1cc(-c2cccs2)nn1-c1cccc([N+](=O)[O-])c1)N1CCN(Cc2ccccc2)CC1. The summed E-state index contributed by atoms with van der Waals surface area (Å²) in [5, 5.41) is 17.9. The molecule has 2 aromatic heterocycles. The zero-order chi connectivity index (χ0) is 23.5. The van der Waals surface area contributed by atoms with Crippen molar-refractivity contribution in [3.05, 3.63) is 99.5 Å². The van der Waals surface area contributed by atoms with Gasteiger partial charge >= 0.3 is 0 Å². The van der Waals surface area contributed by atoms with Crippen LogP contribution < -0.4 is 0 Å². The second kappa shape index (κ2) is 9.58. The van der Waals surface area contributed by atoms with Gasteiger partial charge in [-0.3, -0.25) is 19.8 Å². The van der Waals surface area contributed by atoms with Gasteiger partial charge in [0.1, 0.15) is 11.4 Å². The molecular weight excluding hydrogens is 450 g/mol. The van der Waals surface area contributed by atoms with Gasteiger partial charge in [-0.25, -0.2) is 4.68 Å². The first-order valence-corrected chi connectivity index (χ1v) is 11.9. The Kier molecular flexibility index (Phi) is 6.20. The van der Waals surface area contributed by atoms with E-state index in [1.54, 1.807) is 18.2 Å². The van der Waals surface area contributed by atoms with Crippen molar-refractivity contribution >= 4 is 22.9 Å². The highest BCUT2D eigenvalue weighted by atomic mass is 32.1. The average Bonchev–Trinajstić information content (AvgIpc) is 3.55. The molecule has 172 valence electrons. The smallest absolute Gasteiger partial charge is 0.272 e. The number of nitrogens with zero attached hydrogens (tertiary/aromatic N) is 5. The normalized spacial score (nSPS) is 14.3. The molecule has 3 heterocycles. The number of nitro benzene ring substituents is 1. The molecule has 34 heavy (non-hydrogen) atoms. The third kappa shape index (κ3) is 4.61. The van der Waals surface area contributed by atoms with Crippen LogP contribution in [0.5, 0.6) is 0 Å². The van der Waals surface area contributed by atoms with Crippen LogP contribution in [-0.2, 0) is 6.54 Å². The number of carbonyl (C=O) groups is 1. The molecule has 1 amide bonds. The van der Waals surface area contributed by atoms with Crippen molar-refractivity contribution in [1.82, 2.24) is 19.6 Å². The Balaban J connectivity index is 1.40. The monoisotopic (exact) mass is 473 g/mol. The average molecular weight is 474 g/mol. The molecule has 0 saturated carbocycles. The summed E-state index contributed by atoms with van der Waals surface area (Å²) in [6, 6.07) is 22.2. The molecule has 0 N–H and O–H groups in total. The summed E-state index contributed by atoms with van der Waals surface area (Å²) >= 11 is 1.53. The first-order valence-electron chi connectivity index (χ1n) is 11.0. The van der Waals surface area contributed by atoms with Gasteiger partial charge in [0.25, 0.3) is 11.6 Å². The van der Waals surface area contributed by atoms with E-state index >= 15 is 0 Å². The first kappa shape index (κ1) is 22.0. The summed E-state index contributed by atoms with van der Waals surface area (Å²) in [7, 11) is 0. The van der Waals surface area contributed by atoms with Crippen LogP contribution in [0, 0.1) is 10.1 Å². The van der Waals surface area contributed by atoms with E-state index in [1.807, 2.05) is 40.6 Å². The van der Waals surface area contributed by atoms with Crippen LogP contribution in [0.15, 0.2) is 78.2 Å². The van der Waals surface area contributed by atoms with Crippen LogP contribution >= 0.6 is 11.3 Å². The zero-order valence-electron chi connectivity index (χ0n) is 18.4. The number of carbonyl (C=O) groups excluding carboxylic acids is 1. The molecule has 0 aliphatic carbocycles. The fourth-order valence-electron chi connectivity index (χ4n) is 4.13. The molecule has 1 aliphatic rings. The van der Waals surface area contributed by atoms with Crippen LogP contribution in [0.25, 0.3) is 16.3 Å². The van der Waals surface area contributed by atoms with Gasteiger partial charge in [-0.2, -0.15) is 5.10 Å². The van der Waals surface area contributed by atoms with E-state index in [4.69, 9.17) is 0 Å². The van der Waals surface area contributed by atoms with Crippen molar-refractivity contribution in [3.8, 4) is 16.3 Å². The van der Waals surface area contributed by atoms with Gasteiger partial charge in [-0.15, -0.1) is 11.3 Å². The highest BCUT2D eigenvalue weighted by Gasteiger charge is 2.27. The number of nitro groups is 1. The predicted octanol–water partition coefficient (Wildman–Crippen LogP) is 4.47. The van der Waals surface area contributed by atoms with Crippen LogP contribution in [-0.4, -0.2) is 56.6 Å². The molecule has 0 bridgehead atoms. The quantitative estimate of drug-likeness (QED) is 0.305. The van der Waals surface area contributed by atoms with Gasteiger partial charge in [0.05, 0.1) is 15.5 Å². The molecule has 4 aromatic rings. The van der Waals surface area contributed by atoms with Gasteiger partial charge < -0.3 is 4.90 Å². The van der Waals surface area contributed by atoms with Gasteiger partial charge in [0.15, 0.2) is 0 Å². The number of hydrogen-bond donors (Lipinski definition) is 0. The van der Waals surface area contributed by atoms with Crippen molar-refractivity contribution < 1.29 is 9.72 Å².